The monoisotopic (exact) mass is 299 g/mol. The Bertz CT molecular complexity index is 386. The minimum Gasteiger partial charge on any atom is -0.465 e. The van der Waals surface area contributed by atoms with Crippen molar-refractivity contribution in [2.45, 2.75) is 45.7 Å². The molecule has 0 radical (unpaired) electrons. The maximum Gasteiger partial charge on any atom is 0.325 e. The smallest absolute Gasteiger partial charge is 0.325 e. The summed E-state index contributed by atoms with van der Waals surface area (Å²) in [4.78, 5) is 37.2. The van der Waals surface area contributed by atoms with Crippen LogP contribution in [0.5, 0.6) is 0 Å². The van der Waals surface area contributed by atoms with Crippen molar-refractivity contribution in [3.8, 4) is 0 Å². The van der Waals surface area contributed by atoms with E-state index in [0.29, 0.717) is 19.5 Å². The first kappa shape index (κ1) is 17.4. The van der Waals surface area contributed by atoms with Crippen LogP contribution in [0.15, 0.2) is 0 Å². The molecule has 120 valence electrons. The molecule has 7 heteroatoms. The summed E-state index contributed by atoms with van der Waals surface area (Å²) in [7, 11) is 0. The second-order valence-corrected chi connectivity index (χ2v) is 4.99. The van der Waals surface area contributed by atoms with Gasteiger partial charge in [-0.1, -0.05) is 6.92 Å². The van der Waals surface area contributed by atoms with E-state index in [2.05, 4.69) is 10.6 Å². The van der Waals surface area contributed by atoms with Crippen molar-refractivity contribution >= 4 is 17.8 Å². The lowest BCUT2D eigenvalue weighted by Crippen LogP contribution is -2.52. The summed E-state index contributed by atoms with van der Waals surface area (Å²) >= 11 is 0. The van der Waals surface area contributed by atoms with Crippen LogP contribution in [0, 0.1) is 0 Å². The number of hydrogen-bond acceptors (Lipinski definition) is 5. The Morgan fingerprint density at radius 1 is 1.33 bits per heavy atom. The zero-order chi connectivity index (χ0) is 15.8. The molecule has 2 amide bonds. The lowest BCUT2D eigenvalue weighted by molar-refractivity contribution is -0.144. The summed E-state index contributed by atoms with van der Waals surface area (Å²) in [6, 6.07) is -0.804. The van der Waals surface area contributed by atoms with Crippen molar-refractivity contribution in [1.29, 1.82) is 0 Å². The second-order valence-electron chi connectivity index (χ2n) is 4.99. The van der Waals surface area contributed by atoms with Gasteiger partial charge < -0.3 is 20.3 Å². The van der Waals surface area contributed by atoms with Crippen LogP contribution in [-0.2, 0) is 19.1 Å². The topological polar surface area (TPSA) is 87.7 Å². The van der Waals surface area contributed by atoms with E-state index in [-0.39, 0.29) is 31.0 Å². The zero-order valence-corrected chi connectivity index (χ0v) is 13.0. The number of carbonyl (C=O) groups excluding carboxylic acids is 3. The summed E-state index contributed by atoms with van der Waals surface area (Å²) in [5.74, 6) is -0.842. The SMILES string of the molecule is CCNC(C)C(=O)N1CCCC1C(=O)NCC(=O)OCC. The van der Waals surface area contributed by atoms with E-state index in [1.54, 1.807) is 18.7 Å². The summed E-state index contributed by atoms with van der Waals surface area (Å²) in [5.41, 5.74) is 0. The molecule has 2 atom stereocenters. The molecule has 1 aliphatic rings. The molecule has 0 spiro atoms. The van der Waals surface area contributed by atoms with E-state index >= 15 is 0 Å². The molecule has 1 fully saturated rings. The highest BCUT2D eigenvalue weighted by atomic mass is 16.5. The van der Waals surface area contributed by atoms with E-state index < -0.39 is 12.0 Å². The first-order valence-electron chi connectivity index (χ1n) is 7.48. The third-order valence-electron chi connectivity index (χ3n) is 3.43. The van der Waals surface area contributed by atoms with Gasteiger partial charge in [0.25, 0.3) is 0 Å². The first-order chi connectivity index (χ1) is 10.0. The average molecular weight is 299 g/mol. The quantitative estimate of drug-likeness (QED) is 0.628. The molecular formula is C14H25N3O4. The van der Waals surface area contributed by atoms with Crippen LogP contribution in [0.1, 0.15) is 33.6 Å². The van der Waals surface area contributed by atoms with Crippen LogP contribution < -0.4 is 10.6 Å². The van der Waals surface area contributed by atoms with E-state index in [9.17, 15) is 14.4 Å². The summed E-state index contributed by atoms with van der Waals surface area (Å²) in [5, 5.41) is 5.59. The molecule has 0 aromatic rings. The van der Waals surface area contributed by atoms with E-state index in [1.807, 2.05) is 6.92 Å². The van der Waals surface area contributed by atoms with Gasteiger partial charge in [0, 0.05) is 6.54 Å². The van der Waals surface area contributed by atoms with E-state index in [1.165, 1.54) is 0 Å². The van der Waals surface area contributed by atoms with Crippen LogP contribution in [-0.4, -0.2) is 61.0 Å². The second kappa shape index (κ2) is 8.61. The Labute approximate surface area is 125 Å². The lowest BCUT2D eigenvalue weighted by atomic mass is 10.2. The number of esters is 1. The van der Waals surface area contributed by atoms with Crippen molar-refractivity contribution in [3.05, 3.63) is 0 Å². The van der Waals surface area contributed by atoms with Crippen molar-refractivity contribution in [1.82, 2.24) is 15.5 Å². The fraction of sp³-hybridized carbons (Fsp3) is 0.786. The number of carbonyl (C=O) groups is 3. The highest BCUT2D eigenvalue weighted by Gasteiger charge is 2.35. The van der Waals surface area contributed by atoms with Crippen LogP contribution in [0.3, 0.4) is 0 Å². The highest BCUT2D eigenvalue weighted by molar-refractivity contribution is 5.91. The number of amides is 2. The van der Waals surface area contributed by atoms with Crippen LogP contribution >= 0.6 is 0 Å². The minimum atomic E-state index is -0.493. The third kappa shape index (κ3) is 5.00. The molecule has 0 aromatic heterocycles. The lowest BCUT2D eigenvalue weighted by Gasteiger charge is -2.26. The Morgan fingerprint density at radius 2 is 2.05 bits per heavy atom. The molecule has 1 rings (SSSR count). The van der Waals surface area contributed by atoms with Gasteiger partial charge in [0.2, 0.25) is 11.8 Å². The van der Waals surface area contributed by atoms with Gasteiger partial charge in [0.05, 0.1) is 12.6 Å². The normalized spacial score (nSPS) is 19.2. The van der Waals surface area contributed by atoms with Crippen LogP contribution in [0.25, 0.3) is 0 Å². The third-order valence-corrected chi connectivity index (χ3v) is 3.43. The van der Waals surface area contributed by atoms with Crippen molar-refractivity contribution in [3.63, 3.8) is 0 Å². The number of likely N-dealkylation sites (tertiary alicyclic amines) is 1. The summed E-state index contributed by atoms with van der Waals surface area (Å²) in [6.07, 6.45) is 1.42. The Hall–Kier alpha value is -1.63. The van der Waals surface area contributed by atoms with E-state index in [4.69, 9.17) is 4.74 Å². The molecule has 2 N–H and O–H groups in total. The standard InChI is InChI=1S/C14H25N3O4/c1-4-15-10(3)14(20)17-8-6-7-11(17)13(19)16-9-12(18)21-5-2/h10-11,15H,4-9H2,1-3H3,(H,16,19). The number of nitrogens with one attached hydrogen (secondary N) is 2. The largest absolute Gasteiger partial charge is 0.465 e. The maximum atomic E-state index is 12.3. The average Bonchev–Trinajstić information content (AvgIpc) is 2.94. The molecule has 1 heterocycles. The van der Waals surface area contributed by atoms with Gasteiger partial charge in [-0.2, -0.15) is 0 Å². The van der Waals surface area contributed by atoms with Crippen molar-refractivity contribution in [2.75, 3.05) is 26.2 Å². The van der Waals surface area contributed by atoms with Gasteiger partial charge in [-0.05, 0) is 33.2 Å². The molecule has 1 aliphatic heterocycles. The Balaban J connectivity index is 2.54. The van der Waals surface area contributed by atoms with Gasteiger partial charge in [0.15, 0.2) is 0 Å². The molecule has 0 aliphatic carbocycles. The molecule has 1 saturated heterocycles. The highest BCUT2D eigenvalue weighted by Crippen LogP contribution is 2.18. The molecule has 7 nitrogen and oxygen atoms in total. The predicted octanol–water partition coefficient (Wildman–Crippen LogP) is -0.345. The minimum absolute atomic E-state index is 0.0781. The molecule has 0 aromatic carbocycles. The molecule has 0 saturated carbocycles. The number of nitrogens with zero attached hydrogens (tertiary/aromatic N) is 1. The van der Waals surface area contributed by atoms with Crippen molar-refractivity contribution in [2.24, 2.45) is 0 Å². The van der Waals surface area contributed by atoms with Gasteiger partial charge in [-0.3, -0.25) is 14.4 Å². The molecule has 21 heavy (non-hydrogen) atoms. The summed E-state index contributed by atoms with van der Waals surface area (Å²) in [6.45, 7) is 6.82. The zero-order valence-electron chi connectivity index (χ0n) is 13.0. The number of hydrogen-bond donors (Lipinski definition) is 2. The number of rotatable bonds is 7. The Kier molecular flexibility index (Phi) is 7.14. The predicted molar refractivity (Wildman–Crippen MR) is 77.5 cm³/mol. The van der Waals surface area contributed by atoms with Crippen molar-refractivity contribution < 1.29 is 19.1 Å². The van der Waals surface area contributed by atoms with Crippen LogP contribution in [0.2, 0.25) is 0 Å². The number of ether oxygens (including phenoxy) is 1. The maximum absolute atomic E-state index is 12.3. The van der Waals surface area contributed by atoms with Gasteiger partial charge in [-0.25, -0.2) is 0 Å². The Morgan fingerprint density at radius 3 is 2.67 bits per heavy atom. The van der Waals surface area contributed by atoms with Gasteiger partial charge in [-0.15, -0.1) is 0 Å². The molecule has 2 unspecified atom stereocenters. The van der Waals surface area contributed by atoms with Crippen LogP contribution in [0.4, 0.5) is 0 Å². The number of likely N-dealkylation sites (N-methyl/N-ethyl adjacent to an activating group) is 1. The fourth-order valence-corrected chi connectivity index (χ4v) is 2.43. The molecule has 0 bridgehead atoms. The first-order valence-corrected chi connectivity index (χ1v) is 7.48. The van der Waals surface area contributed by atoms with E-state index in [0.717, 1.165) is 6.42 Å². The summed E-state index contributed by atoms with van der Waals surface area (Å²) < 4.78 is 4.76. The fourth-order valence-electron chi connectivity index (χ4n) is 2.43. The van der Waals surface area contributed by atoms with Gasteiger partial charge in [0.1, 0.15) is 12.6 Å². The molecular weight excluding hydrogens is 274 g/mol. The van der Waals surface area contributed by atoms with Gasteiger partial charge >= 0.3 is 5.97 Å².